The first kappa shape index (κ1) is 19.1. The number of fused-ring (bicyclic) bond motifs is 1. The predicted molar refractivity (Wildman–Crippen MR) is 118 cm³/mol. The van der Waals surface area contributed by atoms with Crippen LogP contribution in [0.4, 0.5) is 5.82 Å². The number of carbonyl (C=O) groups excluding carboxylic acids is 1. The van der Waals surface area contributed by atoms with Gasteiger partial charge < -0.3 is 5.11 Å². The van der Waals surface area contributed by atoms with Gasteiger partial charge in [-0.25, -0.2) is 9.78 Å². The number of aromatic hydroxyl groups is 1. The molecule has 2 aromatic carbocycles. The second-order valence-electron chi connectivity index (χ2n) is 7.95. The fourth-order valence-corrected chi connectivity index (χ4v) is 5.49. The van der Waals surface area contributed by atoms with Gasteiger partial charge in [0, 0.05) is 17.2 Å². The van der Waals surface area contributed by atoms with Gasteiger partial charge >= 0.3 is 11.7 Å². The van der Waals surface area contributed by atoms with Crippen LogP contribution in [0.5, 0.6) is 5.75 Å². The maximum atomic E-state index is 13.3. The van der Waals surface area contributed by atoms with Crippen molar-refractivity contribution in [2.45, 2.75) is 48.4 Å². The van der Waals surface area contributed by atoms with Crippen molar-refractivity contribution in [3.05, 3.63) is 66.4 Å². The van der Waals surface area contributed by atoms with Crippen molar-refractivity contribution in [3.8, 4) is 17.0 Å². The van der Waals surface area contributed by atoms with Gasteiger partial charge in [-0.1, -0.05) is 67.1 Å². The van der Waals surface area contributed by atoms with Crippen molar-refractivity contribution in [1.82, 2.24) is 4.98 Å². The van der Waals surface area contributed by atoms with Crippen molar-refractivity contribution >= 4 is 23.5 Å². The minimum absolute atomic E-state index is 0.0333. The number of benzene rings is 2. The minimum atomic E-state index is -0.342. The van der Waals surface area contributed by atoms with E-state index >= 15 is 0 Å². The van der Waals surface area contributed by atoms with Gasteiger partial charge in [-0.15, -0.1) is 0 Å². The van der Waals surface area contributed by atoms with E-state index in [9.17, 15) is 9.90 Å². The van der Waals surface area contributed by atoms with Gasteiger partial charge in [-0.3, -0.25) is 5.32 Å². The summed E-state index contributed by atoms with van der Waals surface area (Å²) >= 11 is 1.80. The average Bonchev–Trinajstić information content (AvgIpc) is 3.39. The highest BCUT2D eigenvalue weighted by Crippen LogP contribution is 2.38. The average molecular weight is 419 g/mol. The molecule has 6 heteroatoms. The first-order valence-electron chi connectivity index (χ1n) is 10.4. The van der Waals surface area contributed by atoms with Gasteiger partial charge in [0.25, 0.3) is 0 Å². The second-order valence-corrected chi connectivity index (χ2v) is 9.24. The fourth-order valence-electron chi connectivity index (χ4n) is 4.18. The van der Waals surface area contributed by atoms with Crippen LogP contribution in [-0.4, -0.2) is 27.3 Å². The normalized spacial score (nSPS) is 18.4. The van der Waals surface area contributed by atoms with Gasteiger partial charge in [-0.05, 0) is 30.5 Å². The summed E-state index contributed by atoms with van der Waals surface area (Å²) in [7, 11) is 0. The number of nitrogens with zero attached hydrogens (tertiary/aromatic N) is 2. The van der Waals surface area contributed by atoms with Crippen molar-refractivity contribution < 1.29 is 14.5 Å². The van der Waals surface area contributed by atoms with Crippen LogP contribution in [0.25, 0.3) is 11.3 Å². The Labute approximate surface area is 180 Å². The van der Waals surface area contributed by atoms with E-state index in [1.54, 1.807) is 28.5 Å². The molecule has 0 radical (unpaired) electrons. The first-order chi connectivity index (χ1) is 14.7. The largest absolute Gasteiger partial charge is 0.508 e. The molecular formula is C24H24N3O2S+. The summed E-state index contributed by atoms with van der Waals surface area (Å²) in [5, 5.41) is 14.4. The number of phenolic OH excluding ortho intramolecular Hbond substituents is 1. The molecule has 1 atom stereocenters. The van der Waals surface area contributed by atoms with E-state index in [0.29, 0.717) is 11.7 Å². The molecule has 2 aliphatic rings. The van der Waals surface area contributed by atoms with E-state index in [0.717, 1.165) is 27.7 Å². The Morgan fingerprint density at radius 2 is 1.80 bits per heavy atom. The predicted octanol–water partition coefficient (Wildman–Crippen LogP) is 4.45. The summed E-state index contributed by atoms with van der Waals surface area (Å²) in [5.41, 5.74) is 2.84. The number of hydrogen-bond acceptors (Lipinski definition) is 5. The van der Waals surface area contributed by atoms with E-state index in [1.807, 2.05) is 48.7 Å². The van der Waals surface area contributed by atoms with Gasteiger partial charge in [0.05, 0.1) is 0 Å². The maximum Gasteiger partial charge on any atom is 0.359 e. The molecular weight excluding hydrogens is 394 g/mol. The summed E-state index contributed by atoms with van der Waals surface area (Å²) in [5.74, 6) is 1.07. The highest BCUT2D eigenvalue weighted by atomic mass is 32.2. The van der Waals surface area contributed by atoms with Gasteiger partial charge in [0.15, 0.2) is 11.1 Å². The van der Waals surface area contributed by atoms with Gasteiger partial charge in [0.2, 0.25) is 0 Å². The minimum Gasteiger partial charge on any atom is -0.508 e. The van der Waals surface area contributed by atoms with Crippen LogP contribution in [0.2, 0.25) is 0 Å². The molecule has 1 aliphatic heterocycles. The molecule has 0 spiro atoms. The molecule has 152 valence electrons. The molecule has 2 heterocycles. The van der Waals surface area contributed by atoms with E-state index in [4.69, 9.17) is 4.98 Å². The summed E-state index contributed by atoms with van der Waals surface area (Å²) in [6.07, 6.45) is 7.35. The summed E-state index contributed by atoms with van der Waals surface area (Å²) in [6, 6.07) is 16.7. The monoisotopic (exact) mass is 418 g/mol. The van der Waals surface area contributed by atoms with Gasteiger partial charge in [0.1, 0.15) is 17.6 Å². The fraction of sp³-hybridized carbons (Fsp3) is 0.292. The number of thioether (sulfide) groups is 1. The van der Waals surface area contributed by atoms with E-state index in [2.05, 4.69) is 5.32 Å². The van der Waals surface area contributed by atoms with Crippen LogP contribution < -0.4 is 9.88 Å². The van der Waals surface area contributed by atoms with Crippen LogP contribution in [0, 0.1) is 0 Å². The molecule has 1 fully saturated rings. The zero-order valence-electron chi connectivity index (χ0n) is 16.6. The first-order valence-corrected chi connectivity index (χ1v) is 11.3. The SMILES string of the molecule is O=C1C(Cc2ccc(O)cc2)Nc2c(SC3CCCC3)nc(-c3ccccc3)c[n+]21. The number of nitrogens with one attached hydrogen (secondary N) is 1. The Balaban J connectivity index is 1.49. The van der Waals surface area contributed by atoms with Crippen LogP contribution in [-0.2, 0) is 6.42 Å². The lowest BCUT2D eigenvalue weighted by Gasteiger charge is -2.10. The molecule has 0 amide bonds. The number of anilines is 1. The van der Waals surface area contributed by atoms with E-state index in [-0.39, 0.29) is 17.7 Å². The van der Waals surface area contributed by atoms with Crippen LogP contribution >= 0.6 is 11.8 Å². The third-order valence-electron chi connectivity index (χ3n) is 5.79. The van der Waals surface area contributed by atoms with Crippen LogP contribution in [0.1, 0.15) is 36.0 Å². The van der Waals surface area contributed by atoms with Crippen molar-refractivity contribution in [2.24, 2.45) is 0 Å². The van der Waals surface area contributed by atoms with Crippen LogP contribution in [0.15, 0.2) is 65.8 Å². The number of aromatic nitrogens is 2. The maximum absolute atomic E-state index is 13.3. The Hall–Kier alpha value is -2.86. The van der Waals surface area contributed by atoms with Gasteiger partial charge in [-0.2, -0.15) is 4.57 Å². The summed E-state index contributed by atoms with van der Waals surface area (Å²) in [4.78, 5) is 18.2. The molecule has 0 saturated heterocycles. The topological polar surface area (TPSA) is 66.1 Å². The molecule has 3 aromatic rings. The Morgan fingerprint density at radius 3 is 2.53 bits per heavy atom. The Kier molecular flexibility index (Phi) is 5.17. The van der Waals surface area contributed by atoms with E-state index < -0.39 is 0 Å². The van der Waals surface area contributed by atoms with E-state index in [1.165, 1.54) is 25.7 Å². The smallest absolute Gasteiger partial charge is 0.359 e. The van der Waals surface area contributed by atoms with Crippen molar-refractivity contribution in [1.29, 1.82) is 0 Å². The van der Waals surface area contributed by atoms with Crippen molar-refractivity contribution in [2.75, 3.05) is 5.32 Å². The zero-order chi connectivity index (χ0) is 20.5. The highest BCUT2D eigenvalue weighted by molar-refractivity contribution is 8.00. The molecule has 2 N–H and O–H groups in total. The lowest BCUT2D eigenvalue weighted by molar-refractivity contribution is -0.554. The molecule has 1 unspecified atom stereocenters. The Morgan fingerprint density at radius 1 is 1.07 bits per heavy atom. The molecule has 1 aliphatic carbocycles. The third kappa shape index (κ3) is 3.79. The standard InChI is InChI=1S/C24H23N3O2S/c28-18-12-10-16(11-13-18)14-20-24(29)27-15-21(17-6-2-1-3-7-17)26-23(22(27)25-20)30-19-8-4-5-9-19/h1-3,6-7,10-13,15,19-20,28H,4-5,8-9,14H2/p+1. The summed E-state index contributed by atoms with van der Waals surface area (Å²) < 4.78 is 1.75. The van der Waals surface area contributed by atoms with Crippen molar-refractivity contribution in [3.63, 3.8) is 0 Å². The molecule has 1 aromatic heterocycles. The molecule has 30 heavy (non-hydrogen) atoms. The molecule has 5 rings (SSSR count). The lowest BCUT2D eigenvalue weighted by atomic mass is 10.1. The lowest BCUT2D eigenvalue weighted by Crippen LogP contribution is -2.44. The Bertz CT molecular complexity index is 1060. The molecule has 1 saturated carbocycles. The third-order valence-corrected chi connectivity index (χ3v) is 7.10. The van der Waals surface area contributed by atoms with Crippen LogP contribution in [0.3, 0.4) is 0 Å². The molecule has 0 bridgehead atoms. The number of rotatable bonds is 5. The quantitative estimate of drug-likeness (QED) is 0.599. The second kappa shape index (κ2) is 8.11. The molecule has 5 nitrogen and oxygen atoms in total. The number of hydrogen-bond donors (Lipinski definition) is 2. The number of carbonyl (C=O) groups is 1. The zero-order valence-corrected chi connectivity index (χ0v) is 17.4. The summed E-state index contributed by atoms with van der Waals surface area (Å²) in [6.45, 7) is 0. The number of phenols is 1. The highest BCUT2D eigenvalue weighted by Gasteiger charge is 2.41.